The van der Waals surface area contributed by atoms with Gasteiger partial charge in [0.25, 0.3) is 5.92 Å². The number of fused-ring (bicyclic) bond motifs is 2. The van der Waals surface area contributed by atoms with Crippen molar-refractivity contribution >= 4 is 17.7 Å². The molecule has 4 aliphatic rings. The van der Waals surface area contributed by atoms with E-state index >= 15 is 0 Å². The molecule has 1 aromatic heterocycles. The van der Waals surface area contributed by atoms with Crippen LogP contribution in [0.3, 0.4) is 0 Å². The fraction of sp³-hybridized carbons (Fsp3) is 0.706. The largest absolute Gasteiger partial charge is 0.481 e. The first-order valence-electron chi connectivity index (χ1n) is 8.88. The van der Waals surface area contributed by atoms with Gasteiger partial charge in [-0.25, -0.2) is 4.98 Å². The van der Waals surface area contributed by atoms with Crippen molar-refractivity contribution in [3.05, 3.63) is 11.3 Å². The molecule has 0 aromatic carbocycles. The summed E-state index contributed by atoms with van der Waals surface area (Å²) < 4.78 is 27.9. The number of halogens is 2. The molecule has 2 aliphatic heterocycles. The summed E-state index contributed by atoms with van der Waals surface area (Å²) in [6.45, 7) is 4.28. The summed E-state index contributed by atoms with van der Waals surface area (Å²) >= 11 is 0. The summed E-state index contributed by atoms with van der Waals surface area (Å²) in [5.41, 5.74) is 0.451. The molecule has 1 unspecified atom stereocenters. The van der Waals surface area contributed by atoms with Crippen LogP contribution in [0.2, 0.25) is 0 Å². The number of aliphatic carboxylic acids is 1. The molecule has 2 saturated heterocycles. The van der Waals surface area contributed by atoms with E-state index < -0.39 is 11.9 Å². The lowest BCUT2D eigenvalue weighted by Crippen LogP contribution is -2.48. The number of carboxylic acids is 1. The summed E-state index contributed by atoms with van der Waals surface area (Å²) in [5, 5.41) is 8.94. The average molecular weight is 350 g/mol. The number of aromatic nitrogens is 2. The van der Waals surface area contributed by atoms with Crippen LogP contribution in [0, 0.1) is 17.8 Å². The smallest absolute Gasteiger partial charge is 0.303 e. The Bertz CT molecular complexity index is 759. The minimum atomic E-state index is -2.86. The second-order valence-electron chi connectivity index (χ2n) is 7.88. The fourth-order valence-corrected chi connectivity index (χ4v) is 4.66. The maximum atomic E-state index is 14.0. The highest BCUT2D eigenvalue weighted by molar-refractivity contribution is 5.68. The van der Waals surface area contributed by atoms with Crippen molar-refractivity contribution in [1.29, 1.82) is 0 Å². The number of hydrogen-bond acceptors (Lipinski definition) is 5. The number of carbonyl (C=O) groups is 1. The summed E-state index contributed by atoms with van der Waals surface area (Å²) in [6, 6.07) is 0.284. The van der Waals surface area contributed by atoms with Crippen LogP contribution in [0.5, 0.6) is 0 Å². The van der Waals surface area contributed by atoms with E-state index in [2.05, 4.69) is 14.9 Å². The van der Waals surface area contributed by atoms with Crippen LogP contribution >= 0.6 is 0 Å². The van der Waals surface area contributed by atoms with Gasteiger partial charge in [-0.3, -0.25) is 4.79 Å². The Hall–Kier alpha value is -1.99. The Kier molecular flexibility index (Phi) is 2.93. The predicted molar refractivity (Wildman–Crippen MR) is 86.0 cm³/mol. The Labute approximate surface area is 143 Å². The van der Waals surface area contributed by atoms with Gasteiger partial charge in [-0.05, 0) is 31.1 Å². The molecule has 4 atom stereocenters. The fourth-order valence-electron chi connectivity index (χ4n) is 4.66. The molecule has 0 bridgehead atoms. The first-order chi connectivity index (χ1) is 11.8. The first kappa shape index (κ1) is 15.3. The van der Waals surface area contributed by atoms with Crippen LogP contribution < -0.4 is 9.80 Å². The van der Waals surface area contributed by atoms with Crippen LogP contribution in [-0.4, -0.2) is 46.7 Å². The van der Waals surface area contributed by atoms with Gasteiger partial charge in [0.2, 0.25) is 5.95 Å². The molecule has 5 rings (SSSR count). The lowest BCUT2D eigenvalue weighted by Gasteiger charge is -2.41. The molecular formula is C17H20F2N4O2. The Morgan fingerprint density at radius 1 is 1.32 bits per heavy atom. The molecule has 3 heterocycles. The molecule has 0 amide bonds. The highest BCUT2D eigenvalue weighted by Crippen LogP contribution is 2.56. The molecule has 0 spiro atoms. The number of hydrogen-bond donors (Lipinski definition) is 1. The van der Waals surface area contributed by atoms with Crippen LogP contribution in [0.4, 0.5) is 20.5 Å². The minimum Gasteiger partial charge on any atom is -0.481 e. The molecule has 1 saturated carbocycles. The van der Waals surface area contributed by atoms with Crippen molar-refractivity contribution in [2.24, 2.45) is 17.8 Å². The lowest BCUT2D eigenvalue weighted by atomic mass is 9.89. The second kappa shape index (κ2) is 4.80. The zero-order chi connectivity index (χ0) is 17.5. The Balaban J connectivity index is 1.42. The van der Waals surface area contributed by atoms with Gasteiger partial charge < -0.3 is 14.9 Å². The molecular weight excluding hydrogens is 330 g/mol. The summed E-state index contributed by atoms with van der Waals surface area (Å²) in [4.78, 5) is 23.7. The van der Waals surface area contributed by atoms with Crippen molar-refractivity contribution in [2.45, 2.75) is 38.2 Å². The Morgan fingerprint density at radius 2 is 2.04 bits per heavy atom. The number of nitrogens with zero attached hydrogens (tertiary/aromatic N) is 4. The molecule has 8 heteroatoms. The molecule has 0 radical (unpaired) electrons. The van der Waals surface area contributed by atoms with Gasteiger partial charge in [-0.2, -0.15) is 13.8 Å². The molecule has 6 nitrogen and oxygen atoms in total. The van der Waals surface area contributed by atoms with Crippen molar-refractivity contribution in [2.75, 3.05) is 29.4 Å². The van der Waals surface area contributed by atoms with Crippen LogP contribution in [-0.2, 0) is 17.1 Å². The number of piperidine rings is 1. The third kappa shape index (κ3) is 2.15. The number of anilines is 2. The van der Waals surface area contributed by atoms with Gasteiger partial charge in [0, 0.05) is 44.1 Å². The van der Waals surface area contributed by atoms with E-state index in [1.54, 1.807) is 0 Å². The van der Waals surface area contributed by atoms with Gasteiger partial charge >= 0.3 is 5.97 Å². The highest BCUT2D eigenvalue weighted by Gasteiger charge is 2.58. The summed E-state index contributed by atoms with van der Waals surface area (Å²) in [6.07, 6.45) is 0.939. The van der Waals surface area contributed by atoms with Gasteiger partial charge in [0.05, 0.1) is 0 Å². The monoisotopic (exact) mass is 350 g/mol. The van der Waals surface area contributed by atoms with E-state index in [0.29, 0.717) is 42.3 Å². The first-order valence-corrected chi connectivity index (χ1v) is 8.88. The van der Waals surface area contributed by atoms with E-state index in [1.807, 2.05) is 11.8 Å². The summed E-state index contributed by atoms with van der Waals surface area (Å²) in [5.74, 6) is -1.61. The SMILES string of the molecule is CC1CCN1c1nc(N2C[C@@H]3[C@@H](CC(=O)O)[C@@H]3C2)c2c(n1)C(F)(F)C2. The maximum Gasteiger partial charge on any atom is 0.303 e. The molecule has 25 heavy (non-hydrogen) atoms. The topological polar surface area (TPSA) is 69.6 Å². The van der Waals surface area contributed by atoms with Crippen LogP contribution in [0.15, 0.2) is 0 Å². The zero-order valence-corrected chi connectivity index (χ0v) is 14.0. The third-order valence-electron chi connectivity index (χ3n) is 6.38. The van der Waals surface area contributed by atoms with E-state index in [0.717, 1.165) is 13.0 Å². The van der Waals surface area contributed by atoms with E-state index in [-0.39, 0.29) is 30.5 Å². The quantitative estimate of drug-likeness (QED) is 0.894. The van der Waals surface area contributed by atoms with Gasteiger partial charge in [0.15, 0.2) is 0 Å². The van der Waals surface area contributed by atoms with Crippen molar-refractivity contribution in [3.63, 3.8) is 0 Å². The molecule has 3 fully saturated rings. The molecule has 2 aliphatic carbocycles. The normalized spacial score (nSPS) is 34.0. The van der Waals surface area contributed by atoms with Crippen LogP contribution in [0.1, 0.15) is 31.0 Å². The van der Waals surface area contributed by atoms with E-state index in [1.165, 1.54) is 0 Å². The van der Waals surface area contributed by atoms with Crippen molar-refractivity contribution in [1.82, 2.24) is 9.97 Å². The predicted octanol–water partition coefficient (Wildman–Crippen LogP) is 1.88. The summed E-state index contributed by atoms with van der Waals surface area (Å²) in [7, 11) is 0. The number of alkyl halides is 2. The van der Waals surface area contributed by atoms with Gasteiger partial charge in [0.1, 0.15) is 11.5 Å². The van der Waals surface area contributed by atoms with Gasteiger partial charge in [-0.15, -0.1) is 0 Å². The molecule has 1 N–H and O–H groups in total. The molecule has 1 aromatic rings. The number of carboxylic acid groups (broad SMARTS) is 1. The zero-order valence-electron chi connectivity index (χ0n) is 14.0. The van der Waals surface area contributed by atoms with Gasteiger partial charge in [-0.1, -0.05) is 0 Å². The van der Waals surface area contributed by atoms with E-state index in [9.17, 15) is 13.6 Å². The third-order valence-corrected chi connectivity index (χ3v) is 6.38. The minimum absolute atomic E-state index is 0.116. The Morgan fingerprint density at radius 3 is 2.56 bits per heavy atom. The highest BCUT2D eigenvalue weighted by atomic mass is 19.3. The maximum absolute atomic E-state index is 14.0. The van der Waals surface area contributed by atoms with E-state index in [4.69, 9.17) is 5.11 Å². The van der Waals surface area contributed by atoms with Crippen LogP contribution in [0.25, 0.3) is 0 Å². The average Bonchev–Trinajstić information content (AvgIpc) is 2.95. The van der Waals surface area contributed by atoms with Crippen molar-refractivity contribution in [3.8, 4) is 0 Å². The molecule has 134 valence electrons. The van der Waals surface area contributed by atoms with Crippen molar-refractivity contribution < 1.29 is 18.7 Å². The second-order valence-corrected chi connectivity index (χ2v) is 7.88. The standard InChI is InChI=1S/C17H20F2N4O2/c1-8-2-3-23(8)16-20-14-10(5-17(14,18)19)15(21-16)22-6-11-9(4-13(24)25)12(11)7-22/h8-9,11-12H,2-7H2,1H3,(H,24,25)/t8?,9-,11-,12+. The number of rotatable bonds is 4. The lowest BCUT2D eigenvalue weighted by molar-refractivity contribution is -0.137.